The Bertz CT molecular complexity index is 548. The molecule has 2 rings (SSSR count). The third-order valence-corrected chi connectivity index (χ3v) is 4.25. The molecule has 2 N–H and O–H groups in total. The Morgan fingerprint density at radius 2 is 2.10 bits per heavy atom. The number of rotatable bonds is 8. The Morgan fingerprint density at radius 1 is 1.25 bits per heavy atom. The van der Waals surface area contributed by atoms with E-state index in [2.05, 4.69) is 23.8 Å². The maximum atomic E-state index is 5.86. The summed E-state index contributed by atoms with van der Waals surface area (Å²) >= 11 is 1.93. The number of nitrogens with zero attached hydrogens (tertiary/aromatic N) is 2. The lowest BCUT2D eigenvalue weighted by Crippen LogP contribution is -2.04. The summed E-state index contributed by atoms with van der Waals surface area (Å²) in [6.45, 7) is 3.28. The monoisotopic (exact) mass is 291 g/mol. The van der Waals surface area contributed by atoms with Crippen LogP contribution >= 0.6 is 11.8 Å². The van der Waals surface area contributed by atoms with Crippen molar-refractivity contribution >= 4 is 28.5 Å². The van der Waals surface area contributed by atoms with Crippen molar-refractivity contribution in [1.82, 2.24) is 9.55 Å². The van der Waals surface area contributed by atoms with E-state index in [0.29, 0.717) is 0 Å². The van der Waals surface area contributed by atoms with Gasteiger partial charge >= 0.3 is 0 Å². The fourth-order valence-electron chi connectivity index (χ4n) is 2.55. The normalized spacial score (nSPS) is 11.3. The zero-order chi connectivity index (χ0) is 14.4. The minimum Gasteiger partial charge on any atom is -0.399 e. The average Bonchev–Trinajstić information content (AvgIpc) is 2.76. The van der Waals surface area contributed by atoms with E-state index in [1.165, 1.54) is 36.4 Å². The van der Waals surface area contributed by atoms with Gasteiger partial charge in [-0.1, -0.05) is 13.3 Å². The SMILES string of the molecule is CCCc1nc2cc(N)ccc2n1CCCCCSC. The summed E-state index contributed by atoms with van der Waals surface area (Å²) in [4.78, 5) is 4.76. The van der Waals surface area contributed by atoms with Crippen molar-refractivity contribution in [1.29, 1.82) is 0 Å². The standard InChI is InChI=1S/C16H25N3S/c1-3-7-16-18-14-12-13(17)8-9-15(14)19(16)10-5-4-6-11-20-2/h8-9,12H,3-7,10-11,17H2,1-2H3. The molecule has 0 atom stereocenters. The van der Waals surface area contributed by atoms with Crippen LogP contribution in [0.5, 0.6) is 0 Å². The van der Waals surface area contributed by atoms with Gasteiger partial charge < -0.3 is 10.3 Å². The molecule has 20 heavy (non-hydrogen) atoms. The van der Waals surface area contributed by atoms with Gasteiger partial charge in [0.25, 0.3) is 0 Å². The number of unbranched alkanes of at least 4 members (excludes halogenated alkanes) is 2. The minimum atomic E-state index is 0.796. The number of benzene rings is 1. The molecule has 0 aliphatic carbocycles. The zero-order valence-corrected chi connectivity index (χ0v) is 13.4. The summed E-state index contributed by atoms with van der Waals surface area (Å²) in [7, 11) is 0. The van der Waals surface area contributed by atoms with E-state index < -0.39 is 0 Å². The maximum absolute atomic E-state index is 5.86. The van der Waals surface area contributed by atoms with E-state index >= 15 is 0 Å². The van der Waals surface area contributed by atoms with Gasteiger partial charge in [0, 0.05) is 18.7 Å². The van der Waals surface area contributed by atoms with Crippen molar-refractivity contribution in [3.8, 4) is 0 Å². The highest BCUT2D eigenvalue weighted by atomic mass is 32.2. The van der Waals surface area contributed by atoms with Crippen LogP contribution in [0.25, 0.3) is 11.0 Å². The van der Waals surface area contributed by atoms with Crippen LogP contribution < -0.4 is 5.73 Å². The van der Waals surface area contributed by atoms with Crippen LogP contribution in [0.1, 0.15) is 38.4 Å². The number of nitrogen functional groups attached to an aromatic ring is 1. The molecule has 0 saturated heterocycles. The Morgan fingerprint density at radius 3 is 2.85 bits per heavy atom. The second kappa shape index (κ2) is 7.58. The van der Waals surface area contributed by atoms with Crippen LogP contribution in [0.3, 0.4) is 0 Å². The summed E-state index contributed by atoms with van der Waals surface area (Å²) in [6.07, 6.45) is 8.18. The van der Waals surface area contributed by atoms with Crippen LogP contribution in [0, 0.1) is 0 Å². The molecule has 0 radical (unpaired) electrons. The topological polar surface area (TPSA) is 43.8 Å². The third-order valence-electron chi connectivity index (χ3n) is 3.56. The fraction of sp³-hybridized carbons (Fsp3) is 0.562. The van der Waals surface area contributed by atoms with Gasteiger partial charge in [-0.2, -0.15) is 11.8 Å². The number of fused-ring (bicyclic) bond motifs is 1. The first-order valence-corrected chi connectivity index (χ1v) is 8.89. The summed E-state index contributed by atoms with van der Waals surface area (Å²) < 4.78 is 2.39. The van der Waals surface area contributed by atoms with E-state index in [1.54, 1.807) is 0 Å². The number of anilines is 1. The van der Waals surface area contributed by atoms with E-state index in [9.17, 15) is 0 Å². The van der Waals surface area contributed by atoms with Crippen LogP contribution in [0.4, 0.5) is 5.69 Å². The van der Waals surface area contributed by atoms with Gasteiger partial charge in [0.1, 0.15) is 5.82 Å². The van der Waals surface area contributed by atoms with Crippen molar-refractivity contribution in [3.63, 3.8) is 0 Å². The van der Waals surface area contributed by atoms with Crippen LogP contribution in [-0.4, -0.2) is 21.6 Å². The second-order valence-electron chi connectivity index (χ2n) is 5.23. The Labute approximate surface area is 125 Å². The highest BCUT2D eigenvalue weighted by Gasteiger charge is 2.09. The predicted octanol–water partition coefficient (Wildman–Crippen LogP) is 4.10. The average molecular weight is 291 g/mol. The van der Waals surface area contributed by atoms with Gasteiger partial charge in [-0.15, -0.1) is 0 Å². The summed E-state index contributed by atoms with van der Waals surface area (Å²) in [5.41, 5.74) is 8.93. The minimum absolute atomic E-state index is 0.796. The molecule has 0 bridgehead atoms. The number of hydrogen-bond donors (Lipinski definition) is 1. The smallest absolute Gasteiger partial charge is 0.109 e. The summed E-state index contributed by atoms with van der Waals surface area (Å²) in [5, 5.41) is 0. The lowest BCUT2D eigenvalue weighted by Gasteiger charge is -2.08. The summed E-state index contributed by atoms with van der Waals surface area (Å²) in [5.74, 6) is 2.47. The quantitative estimate of drug-likeness (QED) is 0.588. The first-order chi connectivity index (χ1) is 9.76. The molecule has 2 aromatic rings. The van der Waals surface area contributed by atoms with Gasteiger partial charge in [-0.25, -0.2) is 4.98 Å². The zero-order valence-electron chi connectivity index (χ0n) is 12.6. The van der Waals surface area contributed by atoms with Gasteiger partial charge in [0.2, 0.25) is 0 Å². The number of thioether (sulfide) groups is 1. The van der Waals surface area contributed by atoms with Crippen molar-refractivity contribution in [2.24, 2.45) is 0 Å². The number of nitrogens with two attached hydrogens (primary N) is 1. The molecular formula is C16H25N3S. The van der Waals surface area contributed by atoms with Crippen molar-refractivity contribution in [2.45, 2.75) is 45.6 Å². The van der Waals surface area contributed by atoms with Crippen molar-refractivity contribution in [3.05, 3.63) is 24.0 Å². The molecule has 0 fully saturated rings. The van der Waals surface area contributed by atoms with Crippen LogP contribution in [0.15, 0.2) is 18.2 Å². The molecule has 110 valence electrons. The maximum Gasteiger partial charge on any atom is 0.109 e. The molecule has 0 amide bonds. The van der Waals surface area contributed by atoms with Gasteiger partial charge in [0.05, 0.1) is 11.0 Å². The first-order valence-electron chi connectivity index (χ1n) is 7.49. The molecule has 3 nitrogen and oxygen atoms in total. The lowest BCUT2D eigenvalue weighted by atomic mass is 10.2. The molecule has 0 spiro atoms. The second-order valence-corrected chi connectivity index (χ2v) is 6.22. The van der Waals surface area contributed by atoms with Gasteiger partial charge in [-0.3, -0.25) is 0 Å². The lowest BCUT2D eigenvalue weighted by molar-refractivity contribution is 0.590. The number of imidazole rings is 1. The van der Waals surface area contributed by atoms with E-state index in [-0.39, 0.29) is 0 Å². The predicted molar refractivity (Wildman–Crippen MR) is 90.4 cm³/mol. The Balaban J connectivity index is 2.13. The van der Waals surface area contributed by atoms with E-state index in [0.717, 1.165) is 30.6 Å². The summed E-state index contributed by atoms with van der Waals surface area (Å²) in [6, 6.07) is 6.07. The Kier molecular flexibility index (Phi) is 5.77. The van der Waals surface area contributed by atoms with Gasteiger partial charge in [-0.05, 0) is 49.5 Å². The van der Waals surface area contributed by atoms with E-state index in [4.69, 9.17) is 10.7 Å². The van der Waals surface area contributed by atoms with Crippen LogP contribution in [-0.2, 0) is 13.0 Å². The fourth-order valence-corrected chi connectivity index (χ4v) is 3.05. The first kappa shape index (κ1) is 15.2. The molecule has 0 unspecified atom stereocenters. The molecule has 1 heterocycles. The molecule has 4 heteroatoms. The molecule has 0 aliphatic heterocycles. The third kappa shape index (κ3) is 3.69. The van der Waals surface area contributed by atoms with Gasteiger partial charge in [0.15, 0.2) is 0 Å². The number of aromatic nitrogens is 2. The number of aryl methyl sites for hydroxylation is 2. The molecule has 1 aromatic heterocycles. The molecule has 0 saturated carbocycles. The number of hydrogen-bond acceptors (Lipinski definition) is 3. The highest BCUT2D eigenvalue weighted by molar-refractivity contribution is 7.98. The largest absolute Gasteiger partial charge is 0.399 e. The van der Waals surface area contributed by atoms with Crippen molar-refractivity contribution < 1.29 is 0 Å². The van der Waals surface area contributed by atoms with E-state index in [1.807, 2.05) is 23.9 Å². The highest BCUT2D eigenvalue weighted by Crippen LogP contribution is 2.21. The van der Waals surface area contributed by atoms with Crippen molar-refractivity contribution in [2.75, 3.05) is 17.7 Å². The molecule has 1 aromatic carbocycles. The molecule has 0 aliphatic rings. The Hall–Kier alpha value is -1.16. The van der Waals surface area contributed by atoms with Crippen LogP contribution in [0.2, 0.25) is 0 Å². The molecular weight excluding hydrogens is 266 g/mol.